The molecular weight excluding hydrogens is 236 g/mol. The van der Waals surface area contributed by atoms with Gasteiger partial charge in [-0.1, -0.05) is 0 Å². The van der Waals surface area contributed by atoms with Crippen molar-refractivity contribution in [1.82, 2.24) is 21.2 Å². The Morgan fingerprint density at radius 2 is 2.35 bits per heavy atom. The topological polar surface area (TPSA) is 66.0 Å². The molecule has 1 aromatic rings. The Hall–Kier alpha value is -1.11. The molecule has 2 rings (SSSR count). The lowest BCUT2D eigenvalue weighted by Crippen LogP contribution is -2.44. The van der Waals surface area contributed by atoms with Crippen LogP contribution in [0.5, 0.6) is 0 Å². The zero-order valence-electron chi connectivity index (χ0n) is 9.48. The Labute approximate surface area is 105 Å². The van der Waals surface area contributed by atoms with Crippen molar-refractivity contribution in [2.75, 3.05) is 12.3 Å². The number of nitrogens with one attached hydrogen (secondary N) is 3. The van der Waals surface area contributed by atoms with Crippen LogP contribution in [0, 0.1) is 0 Å². The summed E-state index contributed by atoms with van der Waals surface area (Å²) in [5.74, 6) is 1.40. The number of thioether (sulfide) groups is 1. The molecule has 17 heavy (non-hydrogen) atoms. The first-order valence-electron chi connectivity index (χ1n) is 5.59. The van der Waals surface area contributed by atoms with E-state index in [2.05, 4.69) is 21.2 Å². The molecule has 0 bridgehead atoms. The van der Waals surface area contributed by atoms with Gasteiger partial charge in [-0.05, 0) is 24.1 Å². The molecule has 1 atom stereocenters. The van der Waals surface area contributed by atoms with E-state index in [-0.39, 0.29) is 12.1 Å². The van der Waals surface area contributed by atoms with Crippen molar-refractivity contribution in [3.8, 4) is 0 Å². The fraction of sp³-hybridized carbons (Fsp3) is 0.455. The summed E-state index contributed by atoms with van der Waals surface area (Å²) < 4.78 is 0. The maximum absolute atomic E-state index is 11.6. The number of hydrogen-bond acceptors (Lipinski definition) is 5. The van der Waals surface area contributed by atoms with E-state index in [1.54, 1.807) is 24.2 Å². The molecule has 0 aromatic carbocycles. The molecule has 0 spiro atoms. The van der Waals surface area contributed by atoms with E-state index in [0.29, 0.717) is 5.75 Å². The van der Waals surface area contributed by atoms with E-state index in [1.165, 1.54) is 5.56 Å². The summed E-state index contributed by atoms with van der Waals surface area (Å²) in [6, 6.07) is 3.93. The highest BCUT2D eigenvalue weighted by atomic mass is 32.2. The minimum Gasteiger partial charge on any atom is -0.339 e. The molecular formula is C11H16N4OS. The molecule has 1 amide bonds. The summed E-state index contributed by atoms with van der Waals surface area (Å²) in [7, 11) is 0. The first-order valence-corrected chi connectivity index (χ1v) is 6.74. The summed E-state index contributed by atoms with van der Waals surface area (Å²) >= 11 is 1.61. The van der Waals surface area contributed by atoms with Crippen LogP contribution < -0.4 is 16.2 Å². The number of carbonyl (C=O) groups is 1. The van der Waals surface area contributed by atoms with Crippen LogP contribution in [0.4, 0.5) is 0 Å². The summed E-state index contributed by atoms with van der Waals surface area (Å²) in [5, 5.41) is 2.92. The third-order valence-corrected chi connectivity index (χ3v) is 3.42. The monoisotopic (exact) mass is 252 g/mol. The Bertz CT molecular complexity index is 354. The third kappa shape index (κ3) is 4.33. The Kier molecular flexibility index (Phi) is 4.78. The van der Waals surface area contributed by atoms with Gasteiger partial charge in [0.2, 0.25) is 5.91 Å². The number of pyridine rings is 1. The fourth-order valence-corrected chi connectivity index (χ4v) is 2.37. The lowest BCUT2D eigenvalue weighted by Gasteiger charge is -2.11. The summed E-state index contributed by atoms with van der Waals surface area (Å²) in [6.07, 6.45) is 4.54. The van der Waals surface area contributed by atoms with E-state index in [4.69, 9.17) is 0 Å². The van der Waals surface area contributed by atoms with Gasteiger partial charge in [0.05, 0.1) is 11.9 Å². The maximum Gasteiger partial charge on any atom is 0.231 e. The van der Waals surface area contributed by atoms with E-state index in [1.807, 2.05) is 12.1 Å². The Balaban J connectivity index is 1.63. The van der Waals surface area contributed by atoms with Crippen molar-refractivity contribution in [2.24, 2.45) is 0 Å². The van der Waals surface area contributed by atoms with Gasteiger partial charge < -0.3 is 5.32 Å². The first kappa shape index (κ1) is 12.3. The Morgan fingerprint density at radius 1 is 1.53 bits per heavy atom. The van der Waals surface area contributed by atoms with Gasteiger partial charge in [-0.2, -0.15) is 0 Å². The normalized spacial score (nSPS) is 19.2. The van der Waals surface area contributed by atoms with Crippen molar-refractivity contribution in [1.29, 1.82) is 0 Å². The predicted octanol–water partition coefficient (Wildman–Crippen LogP) is 0.255. The minimum atomic E-state index is 0.0732. The van der Waals surface area contributed by atoms with Crippen LogP contribution in [0.15, 0.2) is 24.5 Å². The van der Waals surface area contributed by atoms with Crippen molar-refractivity contribution < 1.29 is 4.79 Å². The second-order valence-electron chi connectivity index (χ2n) is 3.83. The molecule has 3 N–H and O–H groups in total. The van der Waals surface area contributed by atoms with Crippen LogP contribution >= 0.6 is 11.8 Å². The van der Waals surface area contributed by atoms with E-state index in [0.717, 1.165) is 18.7 Å². The SMILES string of the molecule is O=C(CSCc1ccncc1)NC1CCNN1. The van der Waals surface area contributed by atoms with Gasteiger partial charge in [0, 0.05) is 24.7 Å². The molecule has 0 radical (unpaired) electrons. The number of carbonyl (C=O) groups excluding carboxylic acids is 1. The summed E-state index contributed by atoms with van der Waals surface area (Å²) in [4.78, 5) is 15.5. The Morgan fingerprint density at radius 3 is 3.06 bits per heavy atom. The second kappa shape index (κ2) is 6.58. The molecule has 0 saturated carbocycles. The van der Waals surface area contributed by atoms with E-state index >= 15 is 0 Å². The van der Waals surface area contributed by atoms with Crippen LogP contribution in [0.25, 0.3) is 0 Å². The number of hydrazine groups is 1. The quantitative estimate of drug-likeness (QED) is 0.701. The van der Waals surface area contributed by atoms with Crippen molar-refractivity contribution in [2.45, 2.75) is 18.3 Å². The number of nitrogens with zero attached hydrogens (tertiary/aromatic N) is 1. The molecule has 1 aromatic heterocycles. The predicted molar refractivity (Wildman–Crippen MR) is 68.1 cm³/mol. The number of rotatable bonds is 5. The van der Waals surface area contributed by atoms with Crippen molar-refractivity contribution in [3.63, 3.8) is 0 Å². The number of amides is 1. The molecule has 1 unspecified atom stereocenters. The minimum absolute atomic E-state index is 0.0732. The fourth-order valence-electron chi connectivity index (χ4n) is 1.57. The van der Waals surface area contributed by atoms with E-state index in [9.17, 15) is 4.79 Å². The average molecular weight is 252 g/mol. The van der Waals surface area contributed by atoms with Crippen LogP contribution in [0.1, 0.15) is 12.0 Å². The molecule has 5 nitrogen and oxygen atoms in total. The largest absolute Gasteiger partial charge is 0.339 e. The molecule has 92 valence electrons. The third-order valence-electron chi connectivity index (χ3n) is 2.42. The molecule has 6 heteroatoms. The first-order chi connectivity index (χ1) is 8.34. The maximum atomic E-state index is 11.6. The zero-order chi connectivity index (χ0) is 11.9. The van der Waals surface area contributed by atoms with Crippen LogP contribution in [0.3, 0.4) is 0 Å². The molecule has 1 fully saturated rings. The molecule has 1 aliphatic heterocycles. The standard InChI is InChI=1S/C11H16N4OS/c16-11(14-10-3-6-13-15-10)8-17-7-9-1-4-12-5-2-9/h1-2,4-5,10,13,15H,3,6-8H2,(H,14,16). The molecule has 1 aliphatic rings. The number of aromatic nitrogens is 1. The summed E-state index contributed by atoms with van der Waals surface area (Å²) in [6.45, 7) is 0.898. The number of hydrogen-bond donors (Lipinski definition) is 3. The zero-order valence-corrected chi connectivity index (χ0v) is 10.3. The second-order valence-corrected chi connectivity index (χ2v) is 4.81. The molecule has 0 aliphatic carbocycles. The molecule has 2 heterocycles. The van der Waals surface area contributed by atoms with Gasteiger partial charge in [0.15, 0.2) is 0 Å². The lowest BCUT2D eigenvalue weighted by atomic mass is 10.3. The van der Waals surface area contributed by atoms with Crippen molar-refractivity contribution >= 4 is 17.7 Å². The van der Waals surface area contributed by atoms with Gasteiger partial charge in [-0.25, -0.2) is 5.43 Å². The highest BCUT2D eigenvalue weighted by molar-refractivity contribution is 7.99. The van der Waals surface area contributed by atoms with Gasteiger partial charge in [0.25, 0.3) is 0 Å². The van der Waals surface area contributed by atoms with Crippen LogP contribution in [0.2, 0.25) is 0 Å². The van der Waals surface area contributed by atoms with E-state index < -0.39 is 0 Å². The lowest BCUT2D eigenvalue weighted by molar-refractivity contribution is -0.119. The summed E-state index contributed by atoms with van der Waals surface area (Å²) in [5.41, 5.74) is 7.17. The average Bonchev–Trinajstić information content (AvgIpc) is 2.83. The van der Waals surface area contributed by atoms with Crippen LogP contribution in [-0.4, -0.2) is 29.4 Å². The highest BCUT2D eigenvalue weighted by Crippen LogP contribution is 2.10. The highest BCUT2D eigenvalue weighted by Gasteiger charge is 2.15. The van der Waals surface area contributed by atoms with Crippen molar-refractivity contribution in [3.05, 3.63) is 30.1 Å². The van der Waals surface area contributed by atoms with Gasteiger partial charge in [0.1, 0.15) is 0 Å². The van der Waals surface area contributed by atoms with Crippen LogP contribution in [-0.2, 0) is 10.5 Å². The van der Waals surface area contributed by atoms with Gasteiger partial charge in [-0.3, -0.25) is 15.2 Å². The smallest absolute Gasteiger partial charge is 0.231 e. The molecule has 1 saturated heterocycles. The van der Waals surface area contributed by atoms with Gasteiger partial charge in [-0.15, -0.1) is 11.8 Å². The van der Waals surface area contributed by atoms with Gasteiger partial charge >= 0.3 is 0 Å².